The van der Waals surface area contributed by atoms with Crippen molar-refractivity contribution in [2.75, 3.05) is 18.0 Å². The minimum atomic E-state index is -0.632. The largest absolute Gasteiger partial charge is 0.483 e. The minimum Gasteiger partial charge on any atom is -0.483 e. The van der Waals surface area contributed by atoms with Crippen LogP contribution in [0.15, 0.2) is 63.7 Å². The van der Waals surface area contributed by atoms with Crippen molar-refractivity contribution in [1.82, 2.24) is 13.9 Å². The molecule has 0 radical (unpaired) electrons. The van der Waals surface area contributed by atoms with Crippen molar-refractivity contribution in [3.8, 4) is 11.4 Å². The summed E-state index contributed by atoms with van der Waals surface area (Å²) in [6.45, 7) is 7.84. The molecule has 3 aliphatic rings. The fourth-order valence-corrected chi connectivity index (χ4v) is 5.62. The Morgan fingerprint density at radius 2 is 1.66 bits per heavy atom. The second kappa shape index (κ2) is 7.60. The third-order valence-corrected chi connectivity index (χ3v) is 7.44. The molecule has 3 aromatic rings. The van der Waals surface area contributed by atoms with Gasteiger partial charge in [-0.2, -0.15) is 0 Å². The van der Waals surface area contributed by atoms with Gasteiger partial charge in [-0.05, 0) is 69.5 Å². The van der Waals surface area contributed by atoms with Crippen molar-refractivity contribution in [3.05, 3.63) is 86.2 Å². The molecular weight excluding hydrogens is 444 g/mol. The number of allylic oxidation sites excluding steroid dienone is 1. The average Bonchev–Trinajstić information content (AvgIpc) is 3.46. The topological polar surface area (TPSA) is 78.5 Å². The molecule has 0 N–H and O–H groups in total. The summed E-state index contributed by atoms with van der Waals surface area (Å²) >= 11 is 0. The number of hydrogen-bond acceptors (Lipinski definition) is 5. The Morgan fingerprint density at radius 3 is 2.34 bits per heavy atom. The number of hydrogen-bond donors (Lipinski definition) is 0. The van der Waals surface area contributed by atoms with Crippen LogP contribution in [0.5, 0.6) is 5.75 Å². The number of ketones is 1. The maximum absolute atomic E-state index is 13.8. The van der Waals surface area contributed by atoms with E-state index in [1.807, 2.05) is 26.0 Å². The summed E-state index contributed by atoms with van der Waals surface area (Å²) in [4.78, 5) is 41.2. The van der Waals surface area contributed by atoms with Gasteiger partial charge >= 0.3 is 11.4 Å². The number of aromatic nitrogens is 3. The van der Waals surface area contributed by atoms with Crippen LogP contribution in [0.1, 0.15) is 55.6 Å². The number of ether oxygens (including phenoxy) is 1. The standard InChI is InChI=1S/C27H28N4O4/c1-17(32)18-6-8-19(9-7-18)30-25(33)29-15-12-22-24(31(29)26(30)34)21-11-10-20(28-13-4-5-14-28)16-23(21)35-27(22,2)3/h6-12,16,24H,4-5,13-15H2,1-3H3. The first-order valence-electron chi connectivity index (χ1n) is 12.1. The summed E-state index contributed by atoms with van der Waals surface area (Å²) in [5.74, 6) is 0.674. The molecular formula is C27H28N4O4. The molecule has 1 saturated heterocycles. The van der Waals surface area contributed by atoms with E-state index >= 15 is 0 Å². The fourth-order valence-electron chi connectivity index (χ4n) is 5.62. The molecule has 180 valence electrons. The lowest BCUT2D eigenvalue weighted by molar-refractivity contribution is 0.101. The van der Waals surface area contributed by atoms with Crippen LogP contribution < -0.4 is 21.0 Å². The van der Waals surface area contributed by atoms with Gasteiger partial charge in [-0.25, -0.2) is 23.5 Å². The van der Waals surface area contributed by atoms with Gasteiger partial charge in [0.15, 0.2) is 5.78 Å². The van der Waals surface area contributed by atoms with E-state index in [0.717, 1.165) is 35.7 Å². The van der Waals surface area contributed by atoms with Gasteiger partial charge in [-0.3, -0.25) is 4.79 Å². The Kier molecular flexibility index (Phi) is 4.71. The molecule has 6 rings (SSSR count). The molecule has 0 saturated carbocycles. The van der Waals surface area contributed by atoms with Gasteiger partial charge in [0.25, 0.3) is 0 Å². The Labute approximate surface area is 202 Å². The molecule has 35 heavy (non-hydrogen) atoms. The monoisotopic (exact) mass is 472 g/mol. The third kappa shape index (κ3) is 3.23. The van der Waals surface area contributed by atoms with Gasteiger partial charge < -0.3 is 9.64 Å². The first-order valence-corrected chi connectivity index (χ1v) is 12.1. The van der Waals surface area contributed by atoms with E-state index in [-0.39, 0.29) is 12.3 Å². The molecule has 3 aliphatic heterocycles. The summed E-state index contributed by atoms with van der Waals surface area (Å²) in [6, 6.07) is 12.3. The van der Waals surface area contributed by atoms with Crippen LogP contribution in [-0.4, -0.2) is 38.4 Å². The molecule has 0 bridgehead atoms. The van der Waals surface area contributed by atoms with Gasteiger partial charge in [-0.15, -0.1) is 0 Å². The molecule has 0 amide bonds. The third-order valence-electron chi connectivity index (χ3n) is 7.44. The van der Waals surface area contributed by atoms with Gasteiger partial charge in [0.05, 0.1) is 12.2 Å². The molecule has 1 fully saturated rings. The van der Waals surface area contributed by atoms with Crippen LogP contribution in [-0.2, 0) is 6.54 Å². The number of benzene rings is 2. The second-order valence-corrected chi connectivity index (χ2v) is 10.0. The normalized spacial score (nSPS) is 19.9. The number of fused-ring (bicyclic) bond motifs is 5. The van der Waals surface area contributed by atoms with Crippen LogP contribution in [0.25, 0.3) is 5.69 Å². The van der Waals surface area contributed by atoms with E-state index in [1.165, 1.54) is 29.0 Å². The first-order chi connectivity index (χ1) is 16.8. The molecule has 0 spiro atoms. The highest BCUT2D eigenvalue weighted by Gasteiger charge is 2.44. The van der Waals surface area contributed by atoms with Crippen LogP contribution in [0.4, 0.5) is 5.69 Å². The van der Waals surface area contributed by atoms with Gasteiger partial charge in [0.1, 0.15) is 17.4 Å². The zero-order chi connectivity index (χ0) is 24.5. The molecule has 2 aromatic carbocycles. The van der Waals surface area contributed by atoms with Crippen molar-refractivity contribution in [2.45, 2.75) is 51.8 Å². The predicted octanol–water partition coefficient (Wildman–Crippen LogP) is 3.30. The molecule has 0 aliphatic carbocycles. The summed E-state index contributed by atoms with van der Waals surface area (Å²) < 4.78 is 10.7. The first kappa shape index (κ1) is 21.7. The van der Waals surface area contributed by atoms with Crippen LogP contribution in [0.2, 0.25) is 0 Å². The maximum atomic E-state index is 13.8. The van der Waals surface area contributed by atoms with Gasteiger partial charge in [0, 0.05) is 36.0 Å². The van der Waals surface area contributed by atoms with E-state index < -0.39 is 23.0 Å². The van der Waals surface area contributed by atoms with Crippen LogP contribution >= 0.6 is 0 Å². The van der Waals surface area contributed by atoms with E-state index in [1.54, 1.807) is 28.9 Å². The zero-order valence-electron chi connectivity index (χ0n) is 20.2. The summed E-state index contributed by atoms with van der Waals surface area (Å²) in [6.07, 6.45) is 4.37. The van der Waals surface area contributed by atoms with Crippen molar-refractivity contribution < 1.29 is 9.53 Å². The zero-order valence-corrected chi connectivity index (χ0v) is 20.2. The smallest absolute Gasteiger partial charge is 0.352 e. The molecule has 4 heterocycles. The SMILES string of the molecule is CC(=O)c1ccc(-n2c(=O)n3n(c2=O)C2C(=CC3)C(C)(C)Oc3cc(N4CCCC4)ccc32)cc1. The number of carbonyl (C=O) groups is 1. The summed E-state index contributed by atoms with van der Waals surface area (Å²) in [5.41, 5.74) is 2.48. The van der Waals surface area contributed by atoms with E-state index in [0.29, 0.717) is 11.3 Å². The number of anilines is 1. The van der Waals surface area contributed by atoms with Crippen LogP contribution in [0.3, 0.4) is 0 Å². The van der Waals surface area contributed by atoms with Gasteiger partial charge in [0.2, 0.25) is 0 Å². The number of rotatable bonds is 3. The van der Waals surface area contributed by atoms with Gasteiger partial charge in [-0.1, -0.05) is 12.1 Å². The maximum Gasteiger partial charge on any atom is 0.352 e. The minimum absolute atomic E-state index is 0.0695. The number of carbonyl (C=O) groups excluding carboxylic acids is 1. The molecule has 8 heteroatoms. The Bertz CT molecular complexity index is 1500. The van der Waals surface area contributed by atoms with Crippen molar-refractivity contribution in [1.29, 1.82) is 0 Å². The van der Waals surface area contributed by atoms with E-state index in [2.05, 4.69) is 17.0 Å². The quantitative estimate of drug-likeness (QED) is 0.432. The second-order valence-electron chi connectivity index (χ2n) is 10.0. The lowest BCUT2D eigenvalue weighted by Crippen LogP contribution is -2.46. The highest BCUT2D eigenvalue weighted by molar-refractivity contribution is 5.94. The molecule has 1 unspecified atom stereocenters. The lowest BCUT2D eigenvalue weighted by atomic mass is 9.83. The highest BCUT2D eigenvalue weighted by Crippen LogP contribution is 2.47. The van der Waals surface area contributed by atoms with Crippen molar-refractivity contribution in [2.24, 2.45) is 0 Å². The average molecular weight is 473 g/mol. The predicted molar refractivity (Wildman–Crippen MR) is 133 cm³/mol. The Morgan fingerprint density at radius 1 is 0.971 bits per heavy atom. The van der Waals surface area contributed by atoms with Crippen LogP contribution in [0, 0.1) is 0 Å². The summed E-state index contributed by atoms with van der Waals surface area (Å²) in [5, 5.41) is 0. The number of Topliss-reactive ketones (excluding diaryl/α,β-unsaturated/α-hetero) is 1. The lowest BCUT2D eigenvalue weighted by Gasteiger charge is -2.42. The fraction of sp³-hybridized carbons (Fsp3) is 0.370. The molecule has 1 aromatic heterocycles. The number of nitrogens with zero attached hydrogens (tertiary/aromatic N) is 4. The van der Waals surface area contributed by atoms with Crippen molar-refractivity contribution in [3.63, 3.8) is 0 Å². The molecule has 8 nitrogen and oxygen atoms in total. The van der Waals surface area contributed by atoms with E-state index in [9.17, 15) is 14.4 Å². The Hall–Kier alpha value is -3.81. The molecule has 1 atom stereocenters. The Balaban J connectivity index is 1.51. The summed E-state index contributed by atoms with van der Waals surface area (Å²) in [7, 11) is 0. The van der Waals surface area contributed by atoms with E-state index in [4.69, 9.17) is 4.74 Å². The van der Waals surface area contributed by atoms with Crippen molar-refractivity contribution >= 4 is 11.5 Å². The highest BCUT2D eigenvalue weighted by atomic mass is 16.5.